The van der Waals surface area contributed by atoms with Gasteiger partial charge in [-0.2, -0.15) is 4.41 Å². The van der Waals surface area contributed by atoms with Crippen LogP contribution in [0.4, 0.5) is 0 Å². The summed E-state index contributed by atoms with van der Waals surface area (Å²) in [4.78, 5) is 0. The molecule has 0 spiro atoms. The first kappa shape index (κ1) is 11.0. The molecule has 1 fully saturated rings. The van der Waals surface area contributed by atoms with Gasteiger partial charge in [0, 0.05) is 12.6 Å². The molecule has 0 aromatic heterocycles. The van der Waals surface area contributed by atoms with Crippen LogP contribution in [0.25, 0.3) is 0 Å². The van der Waals surface area contributed by atoms with Gasteiger partial charge in [0.05, 0.1) is 0 Å². The molecule has 3 heteroatoms. The highest BCUT2D eigenvalue weighted by atomic mass is 32.2. The van der Waals surface area contributed by atoms with Crippen molar-refractivity contribution in [1.82, 2.24) is 9.84 Å². The summed E-state index contributed by atoms with van der Waals surface area (Å²) in [5.41, 5.74) is 4.95. The number of hydrazine groups is 1. The molecule has 1 aliphatic rings. The highest BCUT2D eigenvalue weighted by Gasteiger charge is 2.20. The molecule has 2 rings (SSSR count). The van der Waals surface area contributed by atoms with E-state index in [1.807, 2.05) is 0 Å². The molecule has 1 unspecified atom stereocenters. The minimum Gasteiger partial charge on any atom is -0.242 e. The third-order valence-corrected chi connectivity index (χ3v) is 3.58. The van der Waals surface area contributed by atoms with Crippen LogP contribution < -0.4 is 5.43 Å². The minimum atomic E-state index is 0.664. The first-order chi connectivity index (χ1) is 7.38. The van der Waals surface area contributed by atoms with Crippen LogP contribution in [0.1, 0.15) is 18.4 Å². The van der Waals surface area contributed by atoms with Crippen LogP contribution in [0.2, 0.25) is 0 Å². The maximum Gasteiger partial charge on any atom is 0.0260 e. The van der Waals surface area contributed by atoms with Crippen molar-refractivity contribution in [2.24, 2.45) is 0 Å². The molecule has 1 aliphatic heterocycles. The number of nitrogens with one attached hydrogen (secondary N) is 1. The molecular formula is C12H18N2S. The smallest absolute Gasteiger partial charge is 0.0260 e. The zero-order valence-electron chi connectivity index (χ0n) is 9.15. The summed E-state index contributed by atoms with van der Waals surface area (Å²) in [6.45, 7) is 1.17. The Kier molecular flexibility index (Phi) is 4.06. The second kappa shape index (κ2) is 5.54. The molecule has 15 heavy (non-hydrogen) atoms. The molecule has 1 atom stereocenters. The highest BCUT2D eigenvalue weighted by molar-refractivity contribution is 7.96. The zero-order valence-corrected chi connectivity index (χ0v) is 9.96. The molecule has 0 saturated carbocycles. The normalized spacial score (nSPS) is 22.1. The van der Waals surface area contributed by atoms with Crippen molar-refractivity contribution in [1.29, 1.82) is 0 Å². The lowest BCUT2D eigenvalue weighted by Crippen LogP contribution is -2.30. The molecule has 0 radical (unpaired) electrons. The number of benzene rings is 1. The monoisotopic (exact) mass is 222 g/mol. The summed E-state index contributed by atoms with van der Waals surface area (Å²) in [5.74, 6) is 0. The van der Waals surface area contributed by atoms with Gasteiger partial charge < -0.3 is 0 Å². The van der Waals surface area contributed by atoms with E-state index in [0.717, 1.165) is 0 Å². The van der Waals surface area contributed by atoms with Crippen molar-refractivity contribution < 1.29 is 0 Å². The van der Waals surface area contributed by atoms with Crippen molar-refractivity contribution in [3.8, 4) is 0 Å². The molecule has 0 amide bonds. The van der Waals surface area contributed by atoms with Gasteiger partial charge in [-0.25, -0.2) is 5.43 Å². The average molecular weight is 222 g/mol. The van der Waals surface area contributed by atoms with Crippen molar-refractivity contribution in [3.05, 3.63) is 35.9 Å². The minimum absolute atomic E-state index is 0.664. The molecule has 82 valence electrons. The van der Waals surface area contributed by atoms with Crippen molar-refractivity contribution >= 4 is 11.9 Å². The summed E-state index contributed by atoms with van der Waals surface area (Å²) >= 11 is 1.78. The fourth-order valence-corrected chi connectivity index (χ4v) is 2.49. The van der Waals surface area contributed by atoms with Gasteiger partial charge >= 0.3 is 0 Å². The lowest BCUT2D eigenvalue weighted by Gasteiger charge is -2.14. The summed E-state index contributed by atoms with van der Waals surface area (Å²) in [5, 5.41) is 0. The molecular weight excluding hydrogens is 204 g/mol. The van der Waals surface area contributed by atoms with Gasteiger partial charge in [0.1, 0.15) is 0 Å². The first-order valence-corrected chi connectivity index (χ1v) is 6.68. The van der Waals surface area contributed by atoms with Gasteiger partial charge in [-0.05, 0) is 31.1 Å². The summed E-state index contributed by atoms with van der Waals surface area (Å²) < 4.78 is 2.23. The third kappa shape index (κ3) is 3.23. The molecule has 1 saturated heterocycles. The van der Waals surface area contributed by atoms with Gasteiger partial charge in [-0.15, -0.1) is 0 Å². The molecule has 0 bridgehead atoms. The lowest BCUT2D eigenvalue weighted by molar-refractivity contribution is 0.403. The van der Waals surface area contributed by atoms with E-state index in [0.29, 0.717) is 6.04 Å². The fraction of sp³-hybridized carbons (Fsp3) is 0.500. The van der Waals surface area contributed by atoms with Gasteiger partial charge in [-0.1, -0.05) is 42.3 Å². The Morgan fingerprint density at radius 2 is 2.20 bits per heavy atom. The Balaban J connectivity index is 1.75. The number of aryl methyl sites for hydroxylation is 1. The Hall–Kier alpha value is -0.510. The van der Waals surface area contributed by atoms with Crippen LogP contribution >= 0.6 is 11.9 Å². The van der Waals surface area contributed by atoms with E-state index in [1.165, 1.54) is 31.4 Å². The zero-order chi connectivity index (χ0) is 10.5. The van der Waals surface area contributed by atoms with Crippen LogP contribution in [0.5, 0.6) is 0 Å². The standard InChI is InChI=1S/C12H18N2S/c1-15-14-10-9-12(13-14)8-7-11-5-3-2-4-6-11/h2-6,12-13H,7-10H2,1H3. The number of rotatable bonds is 4. The van der Waals surface area contributed by atoms with Crippen molar-refractivity contribution in [2.75, 3.05) is 12.8 Å². The van der Waals surface area contributed by atoms with Crippen LogP contribution in [0, 0.1) is 0 Å². The molecule has 0 aliphatic carbocycles. The summed E-state index contributed by atoms with van der Waals surface area (Å²) in [6, 6.07) is 11.4. The van der Waals surface area contributed by atoms with E-state index in [4.69, 9.17) is 0 Å². The van der Waals surface area contributed by atoms with Crippen LogP contribution in [-0.2, 0) is 6.42 Å². The van der Waals surface area contributed by atoms with E-state index in [1.54, 1.807) is 11.9 Å². The van der Waals surface area contributed by atoms with Crippen LogP contribution in [0.15, 0.2) is 30.3 Å². The second-order valence-electron chi connectivity index (χ2n) is 3.92. The Labute approximate surface area is 96.2 Å². The van der Waals surface area contributed by atoms with E-state index >= 15 is 0 Å². The van der Waals surface area contributed by atoms with Crippen LogP contribution in [0.3, 0.4) is 0 Å². The number of nitrogens with zero attached hydrogens (tertiary/aromatic N) is 1. The summed E-state index contributed by atoms with van der Waals surface area (Å²) in [6.07, 6.45) is 5.81. The maximum atomic E-state index is 3.51. The van der Waals surface area contributed by atoms with Gasteiger partial charge in [0.25, 0.3) is 0 Å². The second-order valence-corrected chi connectivity index (χ2v) is 4.73. The highest BCUT2D eigenvalue weighted by Crippen LogP contribution is 2.16. The third-order valence-electron chi connectivity index (χ3n) is 2.85. The predicted octanol–water partition coefficient (Wildman–Crippen LogP) is 2.48. The van der Waals surface area contributed by atoms with Gasteiger partial charge in [0.2, 0.25) is 0 Å². The van der Waals surface area contributed by atoms with Crippen molar-refractivity contribution in [2.45, 2.75) is 25.3 Å². The maximum absolute atomic E-state index is 3.51. The molecule has 1 heterocycles. The summed E-state index contributed by atoms with van der Waals surface area (Å²) in [7, 11) is 0. The number of hydrogen-bond donors (Lipinski definition) is 1. The molecule has 1 aromatic rings. The van der Waals surface area contributed by atoms with Crippen molar-refractivity contribution in [3.63, 3.8) is 0 Å². The molecule has 2 nitrogen and oxygen atoms in total. The quantitative estimate of drug-likeness (QED) is 0.788. The van der Waals surface area contributed by atoms with Gasteiger partial charge in [0.15, 0.2) is 0 Å². The molecule has 1 N–H and O–H groups in total. The topological polar surface area (TPSA) is 15.3 Å². The lowest BCUT2D eigenvalue weighted by atomic mass is 10.0. The predicted molar refractivity (Wildman–Crippen MR) is 66.5 cm³/mol. The van der Waals surface area contributed by atoms with Gasteiger partial charge in [-0.3, -0.25) is 0 Å². The first-order valence-electron chi connectivity index (χ1n) is 5.50. The van der Waals surface area contributed by atoms with E-state index in [9.17, 15) is 0 Å². The van der Waals surface area contributed by atoms with E-state index in [2.05, 4.69) is 46.4 Å². The SMILES string of the molecule is CSN1CCC(CCc2ccccc2)N1. The van der Waals surface area contributed by atoms with E-state index < -0.39 is 0 Å². The number of hydrogen-bond acceptors (Lipinski definition) is 3. The molecule has 1 aromatic carbocycles. The average Bonchev–Trinajstić information content (AvgIpc) is 2.76. The Morgan fingerprint density at radius 1 is 1.40 bits per heavy atom. The Bertz CT molecular complexity index is 289. The van der Waals surface area contributed by atoms with E-state index in [-0.39, 0.29) is 0 Å². The van der Waals surface area contributed by atoms with Crippen LogP contribution in [-0.4, -0.2) is 23.3 Å². The fourth-order valence-electron chi connectivity index (χ4n) is 1.94. The largest absolute Gasteiger partial charge is 0.242 e. The Morgan fingerprint density at radius 3 is 2.87 bits per heavy atom.